The van der Waals surface area contributed by atoms with E-state index >= 15 is 0 Å². The standard InChI is InChI=1S/C21H19N5O4S/c1-13-19-23-12-17(18(22)27)20(24-14-7-6-8-15(11-14)30-2)26(19)25-21(13)31(28,29)16-9-4-3-5-10-16/h3-12,24H,1-2H3,(H2,22,27). The van der Waals surface area contributed by atoms with Crippen molar-refractivity contribution in [2.75, 3.05) is 12.4 Å². The Balaban J connectivity index is 1.93. The molecule has 0 bridgehead atoms. The van der Waals surface area contributed by atoms with Gasteiger partial charge in [-0.1, -0.05) is 24.3 Å². The highest BCUT2D eigenvalue weighted by Crippen LogP contribution is 2.29. The second-order valence-corrected chi connectivity index (χ2v) is 8.59. The Kier molecular flexibility index (Phi) is 5.07. The number of carbonyl (C=O) groups is 1. The Morgan fingerprint density at radius 3 is 2.55 bits per heavy atom. The topological polar surface area (TPSA) is 129 Å². The zero-order chi connectivity index (χ0) is 22.2. The highest BCUT2D eigenvalue weighted by molar-refractivity contribution is 7.91. The summed E-state index contributed by atoms with van der Waals surface area (Å²) < 4.78 is 32.8. The van der Waals surface area contributed by atoms with Gasteiger partial charge in [0.1, 0.15) is 17.1 Å². The van der Waals surface area contributed by atoms with Gasteiger partial charge in [-0.2, -0.15) is 9.61 Å². The van der Waals surface area contributed by atoms with Crippen LogP contribution >= 0.6 is 0 Å². The zero-order valence-corrected chi connectivity index (χ0v) is 17.6. The normalized spacial score (nSPS) is 11.4. The van der Waals surface area contributed by atoms with Gasteiger partial charge >= 0.3 is 0 Å². The number of hydrogen-bond acceptors (Lipinski definition) is 7. The largest absolute Gasteiger partial charge is 0.497 e. The first-order valence-electron chi connectivity index (χ1n) is 9.22. The molecule has 0 radical (unpaired) electrons. The molecule has 0 saturated carbocycles. The molecule has 2 aromatic carbocycles. The molecule has 10 heteroatoms. The first-order chi connectivity index (χ1) is 14.8. The molecule has 3 N–H and O–H groups in total. The predicted octanol–water partition coefficient (Wildman–Crippen LogP) is 2.72. The molecule has 0 spiro atoms. The molecule has 0 aliphatic heterocycles. The van der Waals surface area contributed by atoms with E-state index in [0.29, 0.717) is 17.0 Å². The number of nitrogens with zero attached hydrogens (tertiary/aromatic N) is 3. The molecule has 2 aromatic heterocycles. The summed E-state index contributed by atoms with van der Waals surface area (Å²) in [6.45, 7) is 1.62. The van der Waals surface area contributed by atoms with Crippen LogP contribution in [0.4, 0.5) is 11.5 Å². The van der Waals surface area contributed by atoms with Gasteiger partial charge in [-0.3, -0.25) is 4.79 Å². The molecule has 0 aliphatic carbocycles. The van der Waals surface area contributed by atoms with Gasteiger partial charge in [0.2, 0.25) is 9.84 Å². The van der Waals surface area contributed by atoms with Crippen LogP contribution in [0.5, 0.6) is 5.75 Å². The molecule has 0 atom stereocenters. The van der Waals surface area contributed by atoms with Crippen molar-refractivity contribution in [1.29, 1.82) is 0 Å². The van der Waals surface area contributed by atoms with Gasteiger partial charge in [-0.25, -0.2) is 13.4 Å². The number of nitrogens with two attached hydrogens (primary N) is 1. The number of ether oxygens (including phenoxy) is 1. The number of sulfone groups is 1. The summed E-state index contributed by atoms with van der Waals surface area (Å²) in [5, 5.41) is 7.24. The van der Waals surface area contributed by atoms with Crippen LogP contribution < -0.4 is 15.8 Å². The summed E-state index contributed by atoms with van der Waals surface area (Å²) >= 11 is 0. The van der Waals surface area contributed by atoms with Crippen LogP contribution in [0, 0.1) is 6.92 Å². The smallest absolute Gasteiger partial charge is 0.254 e. The molecule has 1 amide bonds. The Morgan fingerprint density at radius 1 is 1.13 bits per heavy atom. The van der Waals surface area contributed by atoms with Crippen molar-refractivity contribution in [2.45, 2.75) is 16.8 Å². The number of anilines is 2. The molecule has 4 aromatic rings. The summed E-state index contributed by atoms with van der Waals surface area (Å²) in [5.74, 6) is 0.0590. The summed E-state index contributed by atoms with van der Waals surface area (Å²) in [5.41, 5.74) is 6.82. The number of aryl methyl sites for hydroxylation is 1. The third-order valence-electron chi connectivity index (χ3n) is 4.74. The van der Waals surface area contributed by atoms with Crippen LogP contribution in [-0.4, -0.2) is 36.0 Å². The van der Waals surface area contributed by atoms with E-state index in [4.69, 9.17) is 10.5 Å². The maximum absolute atomic E-state index is 13.2. The van der Waals surface area contributed by atoms with Crippen molar-refractivity contribution in [3.63, 3.8) is 0 Å². The maximum Gasteiger partial charge on any atom is 0.254 e. The molecule has 158 valence electrons. The van der Waals surface area contributed by atoms with Gasteiger partial charge in [0.15, 0.2) is 10.7 Å². The van der Waals surface area contributed by atoms with Gasteiger partial charge < -0.3 is 15.8 Å². The number of aromatic nitrogens is 3. The maximum atomic E-state index is 13.2. The summed E-state index contributed by atoms with van der Waals surface area (Å²) in [6, 6.07) is 15.0. The fourth-order valence-electron chi connectivity index (χ4n) is 3.18. The molecule has 9 nitrogen and oxygen atoms in total. The fraction of sp³-hybridized carbons (Fsp3) is 0.0952. The number of fused-ring (bicyclic) bond motifs is 1. The average Bonchev–Trinajstić information content (AvgIpc) is 3.12. The van der Waals surface area contributed by atoms with Crippen molar-refractivity contribution >= 4 is 32.9 Å². The first-order valence-corrected chi connectivity index (χ1v) is 10.7. The highest BCUT2D eigenvalue weighted by atomic mass is 32.2. The van der Waals surface area contributed by atoms with Crippen LogP contribution in [0.3, 0.4) is 0 Å². The number of benzene rings is 2. The Hall–Kier alpha value is -3.92. The fourth-order valence-corrected chi connectivity index (χ4v) is 4.60. The quantitative estimate of drug-likeness (QED) is 0.474. The second-order valence-electron chi connectivity index (χ2n) is 6.72. The number of carbonyl (C=O) groups excluding carboxylic acids is 1. The van der Waals surface area contributed by atoms with Crippen molar-refractivity contribution in [3.8, 4) is 5.75 Å². The third-order valence-corrected chi connectivity index (χ3v) is 6.53. The van der Waals surface area contributed by atoms with Gasteiger partial charge in [-0.05, 0) is 31.2 Å². The lowest BCUT2D eigenvalue weighted by Crippen LogP contribution is -2.17. The van der Waals surface area contributed by atoms with Crippen LogP contribution in [0.15, 0.2) is 70.7 Å². The average molecular weight is 437 g/mol. The Labute approximate surface area is 178 Å². The zero-order valence-electron chi connectivity index (χ0n) is 16.7. The number of primary amides is 1. The minimum absolute atomic E-state index is 0.0569. The molecule has 0 aliphatic rings. The molecule has 0 saturated heterocycles. The number of rotatable bonds is 6. The molecule has 0 unspecified atom stereocenters. The van der Waals surface area contributed by atoms with Crippen molar-refractivity contribution in [2.24, 2.45) is 5.73 Å². The highest BCUT2D eigenvalue weighted by Gasteiger charge is 2.27. The van der Waals surface area contributed by atoms with Gasteiger partial charge in [0.25, 0.3) is 5.91 Å². The van der Waals surface area contributed by atoms with Gasteiger partial charge in [0, 0.05) is 23.5 Å². The Morgan fingerprint density at radius 2 is 1.87 bits per heavy atom. The van der Waals surface area contributed by atoms with Crippen LogP contribution in [-0.2, 0) is 9.84 Å². The summed E-state index contributed by atoms with van der Waals surface area (Å²) in [4.78, 5) is 16.4. The van der Waals surface area contributed by atoms with E-state index in [2.05, 4.69) is 15.4 Å². The molecular weight excluding hydrogens is 418 g/mol. The van der Waals surface area contributed by atoms with Crippen LogP contribution in [0.25, 0.3) is 5.65 Å². The summed E-state index contributed by atoms with van der Waals surface area (Å²) in [6.07, 6.45) is 1.30. The molecular formula is C21H19N5O4S. The number of nitrogens with one attached hydrogen (secondary N) is 1. The van der Waals surface area contributed by atoms with Gasteiger partial charge in [-0.15, -0.1) is 0 Å². The minimum atomic E-state index is -3.90. The van der Waals surface area contributed by atoms with Crippen LogP contribution in [0.1, 0.15) is 15.9 Å². The van der Waals surface area contributed by atoms with E-state index < -0.39 is 15.7 Å². The molecule has 0 fully saturated rings. The monoisotopic (exact) mass is 437 g/mol. The van der Waals surface area contributed by atoms with Crippen molar-refractivity contribution < 1.29 is 17.9 Å². The number of methoxy groups -OCH3 is 1. The van der Waals surface area contributed by atoms with Crippen LogP contribution in [0.2, 0.25) is 0 Å². The molecule has 4 rings (SSSR count). The van der Waals surface area contributed by atoms with E-state index in [1.807, 2.05) is 0 Å². The van der Waals surface area contributed by atoms with E-state index in [0.717, 1.165) is 0 Å². The van der Waals surface area contributed by atoms with Gasteiger partial charge in [0.05, 0.1) is 12.0 Å². The van der Waals surface area contributed by atoms with Crippen molar-refractivity contribution in [3.05, 3.63) is 71.9 Å². The minimum Gasteiger partial charge on any atom is -0.497 e. The Bertz CT molecular complexity index is 1400. The van der Waals surface area contributed by atoms with Crippen molar-refractivity contribution in [1.82, 2.24) is 14.6 Å². The molecule has 31 heavy (non-hydrogen) atoms. The third kappa shape index (κ3) is 3.57. The lowest BCUT2D eigenvalue weighted by atomic mass is 10.2. The van der Waals surface area contributed by atoms with E-state index in [9.17, 15) is 13.2 Å². The first kappa shape index (κ1) is 20.4. The van der Waals surface area contributed by atoms with E-state index in [1.54, 1.807) is 49.4 Å². The lowest BCUT2D eigenvalue weighted by molar-refractivity contribution is 0.100. The SMILES string of the molecule is COc1cccc(Nc2c(C(N)=O)cnc3c(C)c(S(=O)(=O)c4ccccc4)nn23)c1. The van der Waals surface area contributed by atoms with E-state index in [1.165, 1.54) is 30.0 Å². The molecule has 2 heterocycles. The predicted molar refractivity (Wildman–Crippen MR) is 114 cm³/mol. The number of amides is 1. The lowest BCUT2D eigenvalue weighted by Gasteiger charge is -2.12. The van der Waals surface area contributed by atoms with E-state index in [-0.39, 0.29) is 26.9 Å². The number of hydrogen-bond donors (Lipinski definition) is 2. The summed E-state index contributed by atoms with van der Waals surface area (Å²) in [7, 11) is -2.36. The second kappa shape index (κ2) is 7.73.